The second-order valence-electron chi connectivity index (χ2n) is 13.9. The summed E-state index contributed by atoms with van der Waals surface area (Å²) in [6.07, 6.45) is 0. The van der Waals surface area contributed by atoms with Gasteiger partial charge < -0.3 is 113 Å². The van der Waals surface area contributed by atoms with E-state index in [0.29, 0.717) is 258 Å². The van der Waals surface area contributed by atoms with Crippen molar-refractivity contribution in [3.8, 4) is 0 Å². The molecule has 0 aromatic heterocycles. The van der Waals surface area contributed by atoms with Crippen LogP contribution in [-0.4, -0.2) is 306 Å². The van der Waals surface area contributed by atoms with Gasteiger partial charge in [0.15, 0.2) is 0 Å². The van der Waals surface area contributed by atoms with Crippen molar-refractivity contribution < 1.29 is 113 Å². The van der Waals surface area contributed by atoms with Crippen LogP contribution in [0.15, 0.2) is 0 Å². The SMILES string of the molecule is COCCOCCOCCOCCOCCOCCOCCOB(OCCOCCOCCOCCOCCOCCOCCOC)OCCOCCOCCOCCOCCOCCOCCOC. The standard InChI is InChI=1S/C45H93BO24/c1-47-4-7-50-10-13-53-16-19-56-22-25-59-28-31-62-34-37-65-40-43-68-46(69-44-41-66-38-35-63-32-29-60-26-23-57-20-17-54-14-11-51-8-5-48-2)70-45-42-67-39-36-64-33-30-61-27-24-58-21-18-55-15-12-52-9-6-49-3/h4-45H2,1-3H3. The highest BCUT2D eigenvalue weighted by atomic mass is 16.7. The molecule has 70 heavy (non-hydrogen) atoms. The molecule has 0 atom stereocenters. The van der Waals surface area contributed by atoms with E-state index in [9.17, 15) is 0 Å². The summed E-state index contributed by atoms with van der Waals surface area (Å²) in [6, 6.07) is 0. The molecule has 0 heterocycles. The summed E-state index contributed by atoms with van der Waals surface area (Å²) in [5.41, 5.74) is 0. The Morgan fingerprint density at radius 3 is 0.357 bits per heavy atom. The highest BCUT2D eigenvalue weighted by Gasteiger charge is 2.21. The van der Waals surface area contributed by atoms with Gasteiger partial charge >= 0.3 is 7.32 Å². The third-order valence-electron chi connectivity index (χ3n) is 8.32. The molecule has 0 rings (SSSR count). The predicted octanol–water partition coefficient (Wildman–Crippen LogP) is 0.259. The van der Waals surface area contributed by atoms with Gasteiger partial charge in [-0.2, -0.15) is 0 Å². The minimum absolute atomic E-state index is 0.243. The molecule has 420 valence electrons. The van der Waals surface area contributed by atoms with E-state index in [-0.39, 0.29) is 19.8 Å². The zero-order valence-corrected chi connectivity index (χ0v) is 43.1. The van der Waals surface area contributed by atoms with Crippen LogP contribution in [0.4, 0.5) is 0 Å². The number of hydrogen-bond acceptors (Lipinski definition) is 24. The lowest BCUT2D eigenvalue weighted by molar-refractivity contribution is -0.0255. The molecular formula is C45H93BO24. The Balaban J connectivity index is 3.98. The fourth-order valence-electron chi connectivity index (χ4n) is 4.79. The normalized spacial score (nSPS) is 11.7. The van der Waals surface area contributed by atoms with Gasteiger partial charge in [-0.15, -0.1) is 0 Å². The van der Waals surface area contributed by atoms with Crippen LogP contribution in [0.3, 0.4) is 0 Å². The van der Waals surface area contributed by atoms with Crippen LogP contribution in [-0.2, 0) is 113 Å². The van der Waals surface area contributed by atoms with E-state index < -0.39 is 7.32 Å². The van der Waals surface area contributed by atoms with E-state index in [1.54, 1.807) is 21.3 Å². The minimum atomic E-state index is -0.932. The molecule has 0 aromatic carbocycles. The van der Waals surface area contributed by atoms with Crippen molar-refractivity contribution in [3.63, 3.8) is 0 Å². The molecule has 0 bridgehead atoms. The van der Waals surface area contributed by atoms with Crippen molar-refractivity contribution in [2.75, 3.05) is 299 Å². The van der Waals surface area contributed by atoms with E-state index in [1.165, 1.54) is 0 Å². The second-order valence-corrected chi connectivity index (χ2v) is 13.9. The zero-order valence-electron chi connectivity index (χ0n) is 43.1. The molecular weight excluding hydrogens is 935 g/mol. The lowest BCUT2D eigenvalue weighted by Crippen LogP contribution is -2.32. The molecule has 0 N–H and O–H groups in total. The molecule has 0 saturated heterocycles. The zero-order chi connectivity index (χ0) is 50.2. The van der Waals surface area contributed by atoms with Crippen molar-refractivity contribution in [1.82, 2.24) is 0 Å². The van der Waals surface area contributed by atoms with E-state index >= 15 is 0 Å². The van der Waals surface area contributed by atoms with Gasteiger partial charge in [-0.05, 0) is 0 Å². The molecule has 0 aromatic rings. The summed E-state index contributed by atoms with van der Waals surface area (Å²) in [5.74, 6) is 0. The Morgan fingerprint density at radius 1 is 0.143 bits per heavy atom. The molecule has 0 aliphatic carbocycles. The maximum atomic E-state index is 5.77. The molecule has 24 nitrogen and oxygen atoms in total. The Kier molecular flexibility index (Phi) is 65.3. The third kappa shape index (κ3) is 63.2. The Labute approximate surface area is 418 Å². The van der Waals surface area contributed by atoms with Crippen LogP contribution in [0.5, 0.6) is 0 Å². The summed E-state index contributed by atoms with van der Waals surface area (Å²) < 4.78 is 131. The lowest BCUT2D eigenvalue weighted by atomic mass is 10.2. The van der Waals surface area contributed by atoms with Gasteiger partial charge in [0.2, 0.25) is 0 Å². The van der Waals surface area contributed by atoms with Crippen molar-refractivity contribution in [1.29, 1.82) is 0 Å². The third-order valence-corrected chi connectivity index (χ3v) is 8.32. The first-order valence-corrected chi connectivity index (χ1v) is 24.6. The van der Waals surface area contributed by atoms with Crippen LogP contribution in [0, 0.1) is 0 Å². The van der Waals surface area contributed by atoms with Crippen LogP contribution in [0.25, 0.3) is 0 Å². The Hall–Kier alpha value is -0.895. The van der Waals surface area contributed by atoms with Crippen molar-refractivity contribution in [2.24, 2.45) is 0 Å². The predicted molar refractivity (Wildman–Crippen MR) is 254 cm³/mol. The fraction of sp³-hybridized carbons (Fsp3) is 1.00. The summed E-state index contributed by atoms with van der Waals surface area (Å²) in [6.45, 7) is 19.3. The smallest absolute Gasteiger partial charge is 0.383 e. The maximum Gasteiger partial charge on any atom is 0.639 e. The Morgan fingerprint density at radius 2 is 0.243 bits per heavy atom. The first kappa shape index (κ1) is 69.1. The van der Waals surface area contributed by atoms with E-state index in [1.807, 2.05) is 0 Å². The number of methoxy groups -OCH3 is 3. The summed E-state index contributed by atoms with van der Waals surface area (Å²) in [5, 5.41) is 0. The monoisotopic (exact) mass is 1030 g/mol. The molecule has 0 radical (unpaired) electrons. The average molecular weight is 1030 g/mol. The lowest BCUT2D eigenvalue weighted by Gasteiger charge is -2.15. The van der Waals surface area contributed by atoms with Gasteiger partial charge in [0.1, 0.15) is 0 Å². The molecule has 0 unspecified atom stereocenters. The molecule has 0 saturated carbocycles. The minimum Gasteiger partial charge on any atom is -0.383 e. The Bertz CT molecular complexity index is 805. The van der Waals surface area contributed by atoms with Crippen LogP contribution in [0.2, 0.25) is 0 Å². The van der Waals surface area contributed by atoms with Gasteiger partial charge in [0.25, 0.3) is 0 Å². The first-order valence-electron chi connectivity index (χ1n) is 24.6. The van der Waals surface area contributed by atoms with E-state index in [0.717, 1.165) is 0 Å². The van der Waals surface area contributed by atoms with Crippen molar-refractivity contribution in [3.05, 3.63) is 0 Å². The largest absolute Gasteiger partial charge is 0.639 e. The molecule has 0 aliphatic heterocycles. The second kappa shape index (κ2) is 66.1. The molecule has 0 fully saturated rings. The topological polar surface area (TPSA) is 222 Å². The first-order chi connectivity index (χ1) is 34.8. The summed E-state index contributed by atoms with van der Waals surface area (Å²) >= 11 is 0. The van der Waals surface area contributed by atoms with Crippen LogP contribution in [0.1, 0.15) is 0 Å². The van der Waals surface area contributed by atoms with Crippen LogP contribution >= 0.6 is 0 Å². The molecule has 0 spiro atoms. The van der Waals surface area contributed by atoms with E-state index in [2.05, 4.69) is 0 Å². The van der Waals surface area contributed by atoms with Crippen molar-refractivity contribution in [2.45, 2.75) is 0 Å². The van der Waals surface area contributed by atoms with Gasteiger partial charge in [-0.25, -0.2) is 0 Å². The van der Waals surface area contributed by atoms with E-state index in [4.69, 9.17) is 113 Å². The number of rotatable bonds is 66. The highest BCUT2D eigenvalue weighted by molar-refractivity contribution is 6.36. The van der Waals surface area contributed by atoms with Gasteiger partial charge in [-0.3, -0.25) is 0 Å². The van der Waals surface area contributed by atoms with Gasteiger partial charge in [0, 0.05) is 21.3 Å². The highest BCUT2D eigenvalue weighted by Crippen LogP contribution is 1.96. The average Bonchev–Trinajstić information content (AvgIpc) is 3.37. The molecule has 0 amide bonds. The van der Waals surface area contributed by atoms with Gasteiger partial charge in [0.05, 0.1) is 277 Å². The quantitative estimate of drug-likeness (QED) is 0.0589. The van der Waals surface area contributed by atoms with Crippen LogP contribution < -0.4 is 0 Å². The molecule has 25 heteroatoms. The number of ether oxygens (including phenoxy) is 21. The van der Waals surface area contributed by atoms with Crippen molar-refractivity contribution >= 4 is 7.32 Å². The fourth-order valence-corrected chi connectivity index (χ4v) is 4.79. The maximum absolute atomic E-state index is 5.77. The number of hydrogen-bond donors (Lipinski definition) is 0. The van der Waals surface area contributed by atoms with Gasteiger partial charge in [-0.1, -0.05) is 0 Å². The summed E-state index contributed by atoms with van der Waals surface area (Å²) in [4.78, 5) is 0. The summed E-state index contributed by atoms with van der Waals surface area (Å²) in [7, 11) is 3.99. The molecule has 0 aliphatic rings.